The number of carbonyl (C=O) groups excluding carboxylic acids is 1. The molecule has 2 N–H and O–H groups in total. The fourth-order valence-corrected chi connectivity index (χ4v) is 5.11. The van der Waals surface area contributed by atoms with Gasteiger partial charge in [-0.3, -0.25) is 14.5 Å². The number of aryl methyl sites for hydroxylation is 1. The lowest BCUT2D eigenvalue weighted by Gasteiger charge is -2.31. The topological polar surface area (TPSA) is 115 Å². The zero-order valence-electron chi connectivity index (χ0n) is 24.8. The van der Waals surface area contributed by atoms with Gasteiger partial charge in [-0.2, -0.15) is 5.10 Å². The number of halogens is 1. The molecule has 0 saturated carbocycles. The lowest BCUT2D eigenvalue weighted by Crippen LogP contribution is -2.26. The van der Waals surface area contributed by atoms with E-state index in [0.29, 0.717) is 34.7 Å². The Bertz CT molecular complexity index is 1550. The number of ether oxygens (including phenoxy) is 1. The van der Waals surface area contributed by atoms with Crippen LogP contribution in [0, 0.1) is 6.92 Å². The number of pyridine rings is 1. The van der Waals surface area contributed by atoms with Crippen LogP contribution in [-0.2, 0) is 7.05 Å². The number of rotatable bonds is 9. The minimum absolute atomic E-state index is 0.139. The van der Waals surface area contributed by atoms with Crippen LogP contribution in [0.5, 0.6) is 5.75 Å². The molecular weight excluding hydrogens is 540 g/mol. The first-order valence-corrected chi connectivity index (χ1v) is 13.8. The Kier molecular flexibility index (Phi) is 8.82. The predicted octanol–water partition coefficient (Wildman–Crippen LogP) is 5.27. The Morgan fingerprint density at radius 3 is 2.46 bits per heavy atom. The van der Waals surface area contributed by atoms with Crippen LogP contribution >= 0.6 is 11.6 Å². The van der Waals surface area contributed by atoms with E-state index in [9.17, 15) is 4.79 Å². The molecule has 0 aliphatic carbocycles. The molecule has 0 aliphatic heterocycles. The van der Waals surface area contributed by atoms with E-state index in [4.69, 9.17) is 22.1 Å². The smallest absolute Gasteiger partial charge is 0.271 e. The fraction of sp³-hybridized carbons (Fsp3) is 0.367. The van der Waals surface area contributed by atoms with E-state index in [2.05, 4.69) is 31.9 Å². The molecule has 0 aliphatic rings. The van der Waals surface area contributed by atoms with Gasteiger partial charge in [-0.25, -0.2) is 9.97 Å². The number of anilines is 2. The van der Waals surface area contributed by atoms with Gasteiger partial charge in [0.05, 0.1) is 18.3 Å². The van der Waals surface area contributed by atoms with Crippen molar-refractivity contribution in [2.45, 2.75) is 39.7 Å². The van der Waals surface area contributed by atoms with Crippen molar-refractivity contribution < 1.29 is 9.53 Å². The number of hydrogen-bond acceptors (Lipinski definition) is 8. The van der Waals surface area contributed by atoms with Crippen LogP contribution in [-0.4, -0.2) is 63.3 Å². The molecule has 4 aromatic rings. The highest BCUT2D eigenvalue weighted by Gasteiger charge is 2.28. The Morgan fingerprint density at radius 1 is 1.15 bits per heavy atom. The van der Waals surface area contributed by atoms with Crippen LogP contribution in [0.3, 0.4) is 0 Å². The molecule has 2 atom stereocenters. The Labute approximate surface area is 246 Å². The van der Waals surface area contributed by atoms with E-state index in [1.807, 2.05) is 59.3 Å². The molecule has 2 unspecified atom stereocenters. The Balaban J connectivity index is 1.82. The zero-order valence-corrected chi connectivity index (χ0v) is 25.6. The third kappa shape index (κ3) is 5.83. The first kappa shape index (κ1) is 29.8. The lowest BCUT2D eigenvalue weighted by atomic mass is 9.93. The molecule has 3 aromatic heterocycles. The summed E-state index contributed by atoms with van der Waals surface area (Å²) in [6, 6.07) is 7.28. The minimum atomic E-state index is -0.222. The van der Waals surface area contributed by atoms with Crippen LogP contribution in [0.25, 0.3) is 11.1 Å². The maximum atomic E-state index is 12.4. The standard InChI is InChI=1S/C30H37ClN8O2/c1-9-41-27-21(14-22(31)17(2)25(27)20-10-11-24(33-15-20)30(40)37(5)6)19(4)39(8)29-26(28(32)34-16-35-29)18(3)23-12-13-38(7)36-23/h10-16,18-19H,9H2,1-8H3,(H2,32,34,35). The van der Waals surface area contributed by atoms with Crippen molar-refractivity contribution >= 4 is 29.1 Å². The van der Waals surface area contributed by atoms with Crippen LogP contribution in [0.4, 0.5) is 11.6 Å². The Morgan fingerprint density at radius 2 is 1.88 bits per heavy atom. The number of nitrogens with zero attached hydrogens (tertiary/aromatic N) is 7. The maximum Gasteiger partial charge on any atom is 0.271 e. The molecule has 1 aromatic carbocycles. The molecule has 4 rings (SSSR count). The number of nitrogens with two attached hydrogens (primary N) is 1. The lowest BCUT2D eigenvalue weighted by molar-refractivity contribution is 0.0822. The summed E-state index contributed by atoms with van der Waals surface area (Å²) in [4.78, 5) is 29.3. The average Bonchev–Trinajstić information content (AvgIpc) is 3.39. The van der Waals surface area contributed by atoms with Crippen LogP contribution < -0.4 is 15.4 Å². The number of amides is 1. The van der Waals surface area contributed by atoms with Crippen molar-refractivity contribution in [1.29, 1.82) is 0 Å². The molecule has 0 bridgehead atoms. The minimum Gasteiger partial charge on any atom is -0.493 e. The van der Waals surface area contributed by atoms with E-state index in [-0.39, 0.29) is 17.9 Å². The summed E-state index contributed by atoms with van der Waals surface area (Å²) >= 11 is 6.84. The van der Waals surface area contributed by atoms with E-state index in [1.54, 1.807) is 31.0 Å². The summed E-state index contributed by atoms with van der Waals surface area (Å²) < 4.78 is 8.06. The predicted molar refractivity (Wildman–Crippen MR) is 163 cm³/mol. The molecule has 10 nitrogen and oxygen atoms in total. The van der Waals surface area contributed by atoms with E-state index in [0.717, 1.165) is 33.5 Å². The number of benzene rings is 1. The van der Waals surface area contributed by atoms with Crippen molar-refractivity contribution in [3.05, 3.63) is 76.1 Å². The normalized spacial score (nSPS) is 12.6. The van der Waals surface area contributed by atoms with Gasteiger partial charge in [0.2, 0.25) is 0 Å². The summed E-state index contributed by atoms with van der Waals surface area (Å²) in [6.07, 6.45) is 5.06. The van der Waals surface area contributed by atoms with Crippen molar-refractivity contribution in [3.8, 4) is 16.9 Å². The molecule has 0 spiro atoms. The first-order chi connectivity index (χ1) is 19.5. The highest BCUT2D eigenvalue weighted by molar-refractivity contribution is 6.32. The monoisotopic (exact) mass is 576 g/mol. The number of carbonyl (C=O) groups is 1. The van der Waals surface area contributed by atoms with Crippen molar-refractivity contribution in [2.75, 3.05) is 38.4 Å². The molecule has 0 saturated heterocycles. The van der Waals surface area contributed by atoms with Gasteiger partial charge in [-0.05, 0) is 44.5 Å². The number of nitrogen functional groups attached to an aromatic ring is 1. The highest BCUT2D eigenvalue weighted by atomic mass is 35.5. The second kappa shape index (κ2) is 12.1. The molecular formula is C30H37ClN8O2. The van der Waals surface area contributed by atoms with Crippen molar-refractivity contribution in [3.63, 3.8) is 0 Å². The molecule has 216 valence electrons. The van der Waals surface area contributed by atoms with Crippen molar-refractivity contribution in [2.24, 2.45) is 7.05 Å². The highest BCUT2D eigenvalue weighted by Crippen LogP contribution is 2.45. The molecule has 41 heavy (non-hydrogen) atoms. The fourth-order valence-electron chi connectivity index (χ4n) is 4.90. The largest absolute Gasteiger partial charge is 0.493 e. The van der Waals surface area contributed by atoms with Crippen LogP contribution in [0.2, 0.25) is 5.02 Å². The summed E-state index contributed by atoms with van der Waals surface area (Å²) in [6.45, 7) is 8.46. The van der Waals surface area contributed by atoms with Crippen LogP contribution in [0.1, 0.15) is 65.6 Å². The first-order valence-electron chi connectivity index (χ1n) is 13.4. The average molecular weight is 577 g/mol. The molecule has 3 heterocycles. The van der Waals surface area contributed by atoms with E-state index < -0.39 is 0 Å². The third-order valence-corrected chi connectivity index (χ3v) is 7.73. The van der Waals surface area contributed by atoms with E-state index in [1.165, 1.54) is 11.2 Å². The van der Waals surface area contributed by atoms with E-state index >= 15 is 0 Å². The van der Waals surface area contributed by atoms with Gasteiger partial charge in [-0.15, -0.1) is 0 Å². The quantitative estimate of drug-likeness (QED) is 0.287. The van der Waals surface area contributed by atoms with Gasteiger partial charge in [0.25, 0.3) is 5.91 Å². The van der Waals surface area contributed by atoms with Crippen molar-refractivity contribution in [1.82, 2.24) is 29.6 Å². The molecule has 1 amide bonds. The zero-order chi connectivity index (χ0) is 30.0. The SMILES string of the molecule is CCOc1c(C(C)N(C)c2ncnc(N)c2C(C)c2ccn(C)n2)cc(Cl)c(C)c1-c1ccc(C(=O)N(C)C)nc1. The van der Waals surface area contributed by atoms with Crippen LogP contribution in [0.15, 0.2) is 43.0 Å². The molecule has 11 heteroatoms. The van der Waals surface area contributed by atoms with Gasteiger partial charge in [-0.1, -0.05) is 24.6 Å². The molecule has 0 radical (unpaired) electrons. The maximum absolute atomic E-state index is 12.4. The van der Waals surface area contributed by atoms with Gasteiger partial charge in [0.1, 0.15) is 29.4 Å². The second-order valence-corrected chi connectivity index (χ2v) is 10.7. The van der Waals surface area contributed by atoms with Gasteiger partial charge < -0.3 is 20.3 Å². The Hall–Kier alpha value is -4.18. The number of aromatic nitrogens is 5. The summed E-state index contributed by atoms with van der Waals surface area (Å²) in [5.74, 6) is 1.49. The summed E-state index contributed by atoms with van der Waals surface area (Å²) in [7, 11) is 7.25. The van der Waals surface area contributed by atoms with Gasteiger partial charge >= 0.3 is 0 Å². The summed E-state index contributed by atoms with van der Waals surface area (Å²) in [5.41, 5.74) is 11.8. The number of hydrogen-bond donors (Lipinski definition) is 1. The van der Waals surface area contributed by atoms with Gasteiger partial charge in [0, 0.05) is 73.8 Å². The van der Waals surface area contributed by atoms with Gasteiger partial charge in [0.15, 0.2) is 0 Å². The summed E-state index contributed by atoms with van der Waals surface area (Å²) in [5, 5.41) is 5.18. The third-order valence-electron chi connectivity index (χ3n) is 7.34. The second-order valence-electron chi connectivity index (χ2n) is 10.3. The molecule has 0 fully saturated rings.